The number of aryl methyl sites for hydroxylation is 1. The minimum Gasteiger partial charge on any atom is -0.495 e. The molecule has 2 aromatic carbocycles. The highest BCUT2D eigenvalue weighted by atomic mass is 16.5. The lowest BCUT2D eigenvalue weighted by Crippen LogP contribution is -2.47. The van der Waals surface area contributed by atoms with Crippen molar-refractivity contribution in [1.82, 2.24) is 5.32 Å². The third kappa shape index (κ3) is 5.23. The molecule has 3 rings (SSSR count). The lowest BCUT2D eigenvalue weighted by atomic mass is 10.0. The van der Waals surface area contributed by atoms with Crippen molar-refractivity contribution < 1.29 is 19.1 Å². The Hall–Kier alpha value is -3.35. The van der Waals surface area contributed by atoms with Crippen molar-refractivity contribution in [3.05, 3.63) is 53.6 Å². The minimum atomic E-state index is -0.716. The molecular weight excluding hydrogens is 394 g/mol. The van der Waals surface area contributed by atoms with Gasteiger partial charge in [0.1, 0.15) is 11.8 Å². The van der Waals surface area contributed by atoms with E-state index in [1.165, 1.54) is 0 Å². The predicted octanol–water partition coefficient (Wildman–Crippen LogP) is 3.52. The van der Waals surface area contributed by atoms with Gasteiger partial charge in [-0.3, -0.25) is 14.4 Å². The van der Waals surface area contributed by atoms with Gasteiger partial charge in [-0.15, -0.1) is 0 Å². The second kappa shape index (κ2) is 9.64. The molecule has 164 valence electrons. The van der Waals surface area contributed by atoms with Crippen molar-refractivity contribution in [1.29, 1.82) is 0 Å². The molecule has 7 heteroatoms. The van der Waals surface area contributed by atoms with Gasteiger partial charge >= 0.3 is 0 Å². The summed E-state index contributed by atoms with van der Waals surface area (Å²) in [4.78, 5) is 39.5. The average molecular weight is 424 g/mol. The lowest BCUT2D eigenvalue weighted by Gasteiger charge is -2.23. The molecule has 0 aromatic heterocycles. The maximum Gasteiger partial charge on any atom is 0.251 e. The van der Waals surface area contributed by atoms with Crippen LogP contribution >= 0.6 is 0 Å². The van der Waals surface area contributed by atoms with Gasteiger partial charge in [-0.25, -0.2) is 0 Å². The molecule has 1 atom stereocenters. The number of carbonyl (C=O) groups is 3. The zero-order valence-corrected chi connectivity index (χ0v) is 18.4. The first-order valence-corrected chi connectivity index (χ1v) is 10.5. The molecule has 3 amide bonds. The van der Waals surface area contributed by atoms with Gasteiger partial charge in [-0.2, -0.15) is 0 Å². The van der Waals surface area contributed by atoms with Crippen molar-refractivity contribution in [3.8, 4) is 5.75 Å². The summed E-state index contributed by atoms with van der Waals surface area (Å²) in [6.45, 7) is 6.29. The molecule has 0 saturated carbocycles. The zero-order chi connectivity index (χ0) is 22.5. The van der Waals surface area contributed by atoms with Crippen LogP contribution in [-0.2, 0) is 9.59 Å². The molecule has 1 saturated heterocycles. The highest BCUT2D eigenvalue weighted by Gasteiger charge is 2.27. The Morgan fingerprint density at radius 1 is 1.13 bits per heavy atom. The van der Waals surface area contributed by atoms with E-state index in [-0.39, 0.29) is 23.6 Å². The second-order valence-corrected chi connectivity index (χ2v) is 8.09. The van der Waals surface area contributed by atoms with Crippen LogP contribution < -0.4 is 20.3 Å². The van der Waals surface area contributed by atoms with E-state index in [2.05, 4.69) is 10.6 Å². The summed E-state index contributed by atoms with van der Waals surface area (Å²) in [6, 6.07) is 11.7. The first kappa shape index (κ1) is 22.3. The Kier molecular flexibility index (Phi) is 6.95. The van der Waals surface area contributed by atoms with Crippen molar-refractivity contribution in [2.24, 2.45) is 5.92 Å². The molecule has 1 unspecified atom stereocenters. The van der Waals surface area contributed by atoms with Crippen molar-refractivity contribution in [2.75, 3.05) is 23.9 Å². The van der Waals surface area contributed by atoms with Crippen LogP contribution in [0.2, 0.25) is 0 Å². The number of rotatable bonds is 7. The molecule has 1 aliphatic rings. The topological polar surface area (TPSA) is 87.7 Å². The van der Waals surface area contributed by atoms with Gasteiger partial charge in [0.15, 0.2) is 0 Å². The Morgan fingerprint density at radius 3 is 2.52 bits per heavy atom. The number of nitrogens with one attached hydrogen (secondary N) is 2. The van der Waals surface area contributed by atoms with E-state index >= 15 is 0 Å². The SMILES string of the molecule is COc1ccc(NC(=O)C(NC(=O)c2cccc(C)c2)C(C)C)cc1N1CCCC1=O. The fourth-order valence-corrected chi connectivity index (χ4v) is 3.65. The van der Waals surface area contributed by atoms with E-state index in [0.717, 1.165) is 12.0 Å². The van der Waals surface area contributed by atoms with Crippen LogP contribution in [0, 0.1) is 12.8 Å². The summed E-state index contributed by atoms with van der Waals surface area (Å²) in [5, 5.41) is 5.71. The quantitative estimate of drug-likeness (QED) is 0.713. The fraction of sp³-hybridized carbons (Fsp3) is 0.375. The number of amides is 3. The van der Waals surface area contributed by atoms with Gasteiger partial charge in [0.2, 0.25) is 11.8 Å². The Morgan fingerprint density at radius 2 is 1.90 bits per heavy atom. The molecule has 0 aliphatic carbocycles. The minimum absolute atomic E-state index is 0.0345. The molecule has 1 fully saturated rings. The molecule has 2 N–H and O–H groups in total. The first-order valence-electron chi connectivity index (χ1n) is 10.5. The Bertz CT molecular complexity index is 987. The maximum absolute atomic E-state index is 13.0. The Labute approximate surface area is 182 Å². The van der Waals surface area contributed by atoms with E-state index in [1.807, 2.05) is 32.9 Å². The first-order chi connectivity index (χ1) is 14.8. The Balaban J connectivity index is 1.77. The van der Waals surface area contributed by atoms with E-state index in [9.17, 15) is 14.4 Å². The maximum atomic E-state index is 13.0. The standard InChI is InChI=1S/C24H29N3O4/c1-15(2)22(26-23(29)17-8-5-7-16(3)13-17)24(30)25-18-10-11-20(31-4)19(14-18)27-12-6-9-21(27)28/h5,7-8,10-11,13-15,22H,6,9,12H2,1-4H3,(H,25,30)(H,26,29). The molecular formula is C24H29N3O4. The van der Waals surface area contributed by atoms with Crippen LogP contribution in [0.15, 0.2) is 42.5 Å². The number of nitrogens with zero attached hydrogens (tertiary/aromatic N) is 1. The van der Waals surface area contributed by atoms with E-state index in [4.69, 9.17) is 4.74 Å². The van der Waals surface area contributed by atoms with Crippen molar-refractivity contribution in [2.45, 2.75) is 39.7 Å². The van der Waals surface area contributed by atoms with Crippen LogP contribution in [0.1, 0.15) is 42.6 Å². The van der Waals surface area contributed by atoms with Crippen LogP contribution in [-0.4, -0.2) is 37.4 Å². The highest BCUT2D eigenvalue weighted by molar-refractivity contribution is 6.02. The molecule has 0 bridgehead atoms. The van der Waals surface area contributed by atoms with Gasteiger partial charge in [0.05, 0.1) is 12.8 Å². The summed E-state index contributed by atoms with van der Waals surface area (Å²) < 4.78 is 5.40. The van der Waals surface area contributed by atoms with Gasteiger partial charge in [0.25, 0.3) is 5.91 Å². The summed E-state index contributed by atoms with van der Waals surface area (Å²) >= 11 is 0. The summed E-state index contributed by atoms with van der Waals surface area (Å²) in [5.41, 5.74) is 2.65. The van der Waals surface area contributed by atoms with Gasteiger partial charge in [0, 0.05) is 24.2 Å². The van der Waals surface area contributed by atoms with Crippen LogP contribution in [0.4, 0.5) is 11.4 Å². The normalized spacial score (nSPS) is 14.5. The molecule has 31 heavy (non-hydrogen) atoms. The van der Waals surface area contributed by atoms with Gasteiger partial charge < -0.3 is 20.3 Å². The van der Waals surface area contributed by atoms with Crippen molar-refractivity contribution >= 4 is 29.1 Å². The number of methoxy groups -OCH3 is 1. The molecule has 2 aromatic rings. The van der Waals surface area contributed by atoms with E-state index in [1.54, 1.807) is 42.3 Å². The number of anilines is 2. The molecule has 7 nitrogen and oxygen atoms in total. The smallest absolute Gasteiger partial charge is 0.251 e. The fourth-order valence-electron chi connectivity index (χ4n) is 3.65. The second-order valence-electron chi connectivity index (χ2n) is 8.09. The lowest BCUT2D eigenvalue weighted by molar-refractivity contribution is -0.119. The third-order valence-electron chi connectivity index (χ3n) is 5.33. The van der Waals surface area contributed by atoms with E-state index < -0.39 is 6.04 Å². The molecule has 0 spiro atoms. The number of carbonyl (C=O) groups excluding carboxylic acids is 3. The predicted molar refractivity (Wildman–Crippen MR) is 120 cm³/mol. The summed E-state index contributed by atoms with van der Waals surface area (Å²) in [7, 11) is 1.55. The number of ether oxygens (including phenoxy) is 1. The van der Waals surface area contributed by atoms with Crippen LogP contribution in [0.3, 0.4) is 0 Å². The van der Waals surface area contributed by atoms with Gasteiger partial charge in [-0.1, -0.05) is 31.5 Å². The highest BCUT2D eigenvalue weighted by Crippen LogP contribution is 2.34. The molecule has 1 heterocycles. The number of hydrogen-bond donors (Lipinski definition) is 2. The van der Waals surface area contributed by atoms with Crippen molar-refractivity contribution in [3.63, 3.8) is 0 Å². The average Bonchev–Trinajstić information content (AvgIpc) is 3.17. The summed E-state index contributed by atoms with van der Waals surface area (Å²) in [6.07, 6.45) is 1.29. The van der Waals surface area contributed by atoms with Gasteiger partial charge in [-0.05, 0) is 49.6 Å². The zero-order valence-electron chi connectivity index (χ0n) is 18.4. The number of hydrogen-bond acceptors (Lipinski definition) is 4. The largest absolute Gasteiger partial charge is 0.495 e. The summed E-state index contributed by atoms with van der Waals surface area (Å²) in [5.74, 6) is -0.129. The number of benzene rings is 2. The molecule has 1 aliphatic heterocycles. The van der Waals surface area contributed by atoms with Crippen LogP contribution in [0.25, 0.3) is 0 Å². The third-order valence-corrected chi connectivity index (χ3v) is 5.33. The van der Waals surface area contributed by atoms with E-state index in [0.29, 0.717) is 35.7 Å². The van der Waals surface area contributed by atoms with Crippen LogP contribution in [0.5, 0.6) is 5.75 Å². The monoisotopic (exact) mass is 423 g/mol. The molecule has 0 radical (unpaired) electrons.